The van der Waals surface area contributed by atoms with Gasteiger partial charge in [-0.2, -0.15) is 0 Å². The summed E-state index contributed by atoms with van der Waals surface area (Å²) in [6.45, 7) is 0. The summed E-state index contributed by atoms with van der Waals surface area (Å²) < 4.78 is 6.37. The molecule has 0 saturated carbocycles. The summed E-state index contributed by atoms with van der Waals surface area (Å²) in [6, 6.07) is 54.8. The van der Waals surface area contributed by atoms with Crippen molar-refractivity contribution in [2.24, 2.45) is 4.99 Å². The molecule has 9 rings (SSSR count). The lowest BCUT2D eigenvalue weighted by Gasteiger charge is -2.24. The van der Waals surface area contributed by atoms with Crippen molar-refractivity contribution in [3.05, 3.63) is 180 Å². The van der Waals surface area contributed by atoms with E-state index >= 15 is 0 Å². The average Bonchev–Trinajstić information content (AvgIpc) is 3.60. The third kappa shape index (κ3) is 5.06. The zero-order chi connectivity index (χ0) is 31.2. The van der Waals surface area contributed by atoms with E-state index in [-0.39, 0.29) is 6.04 Å². The smallest absolute Gasteiger partial charge is 0.227 e. The highest BCUT2D eigenvalue weighted by Crippen LogP contribution is 2.34. The lowest BCUT2D eigenvalue weighted by molar-refractivity contribution is 0.623. The van der Waals surface area contributed by atoms with Crippen molar-refractivity contribution in [1.29, 1.82) is 0 Å². The van der Waals surface area contributed by atoms with E-state index in [9.17, 15) is 0 Å². The number of nitrogens with zero attached hydrogens (tertiary/aromatic N) is 2. The molecule has 0 aliphatic carbocycles. The third-order valence-corrected chi connectivity index (χ3v) is 8.91. The molecule has 0 bridgehead atoms. The summed E-state index contributed by atoms with van der Waals surface area (Å²) in [6.07, 6.45) is 2.22. The Morgan fingerprint density at radius 1 is 0.511 bits per heavy atom. The van der Waals surface area contributed by atoms with E-state index in [1.807, 2.05) is 42.5 Å². The third-order valence-electron chi connectivity index (χ3n) is 8.91. The van der Waals surface area contributed by atoms with Gasteiger partial charge in [0.15, 0.2) is 5.58 Å². The molecule has 0 spiro atoms. The van der Waals surface area contributed by atoms with Gasteiger partial charge in [-0.1, -0.05) is 121 Å². The van der Waals surface area contributed by atoms with Gasteiger partial charge >= 0.3 is 0 Å². The van der Waals surface area contributed by atoms with E-state index in [1.54, 1.807) is 0 Å². The second kappa shape index (κ2) is 11.3. The number of hydrogen-bond acceptors (Lipinski definition) is 4. The first-order chi connectivity index (χ1) is 23.2. The Balaban J connectivity index is 1.12. The van der Waals surface area contributed by atoms with Crippen molar-refractivity contribution in [2.75, 3.05) is 0 Å². The number of oxazole rings is 1. The molecule has 1 atom stereocenters. The molecule has 1 N–H and O–H groups in total. The van der Waals surface area contributed by atoms with Crippen molar-refractivity contribution in [3.63, 3.8) is 0 Å². The van der Waals surface area contributed by atoms with Gasteiger partial charge in [0.2, 0.25) is 5.89 Å². The molecule has 4 heteroatoms. The number of nitrogens with one attached hydrogen (secondary N) is 1. The Morgan fingerprint density at radius 3 is 2.04 bits per heavy atom. The van der Waals surface area contributed by atoms with Gasteiger partial charge in [0.1, 0.15) is 11.4 Å². The molecule has 0 amide bonds. The molecule has 0 fully saturated rings. The minimum atomic E-state index is -0.131. The van der Waals surface area contributed by atoms with Crippen LogP contribution in [0.15, 0.2) is 173 Å². The summed E-state index contributed by atoms with van der Waals surface area (Å²) in [4.78, 5) is 10.1. The van der Waals surface area contributed by atoms with Crippen LogP contribution in [0.25, 0.3) is 60.9 Å². The maximum Gasteiger partial charge on any atom is 0.227 e. The molecule has 2 heterocycles. The van der Waals surface area contributed by atoms with E-state index < -0.39 is 0 Å². The first kappa shape index (κ1) is 27.1. The number of aromatic nitrogens is 1. The zero-order valence-corrected chi connectivity index (χ0v) is 25.5. The molecule has 222 valence electrons. The fourth-order valence-corrected chi connectivity index (χ4v) is 6.47. The zero-order valence-electron chi connectivity index (χ0n) is 25.5. The summed E-state index contributed by atoms with van der Waals surface area (Å²) in [5.74, 6) is 1.47. The van der Waals surface area contributed by atoms with Gasteiger partial charge in [-0.15, -0.1) is 0 Å². The summed E-state index contributed by atoms with van der Waals surface area (Å²) in [5.41, 5.74) is 9.18. The normalized spacial score (nSPS) is 14.6. The predicted octanol–water partition coefficient (Wildman–Crippen LogP) is 10.6. The Bertz CT molecular complexity index is 2490. The average molecular weight is 604 g/mol. The highest BCUT2D eigenvalue weighted by molar-refractivity contribution is 6.07. The molecule has 1 aliphatic heterocycles. The van der Waals surface area contributed by atoms with E-state index in [1.165, 1.54) is 10.8 Å². The first-order valence-corrected chi connectivity index (χ1v) is 15.9. The Hall–Kier alpha value is -6.26. The monoisotopic (exact) mass is 603 g/mol. The number of fused-ring (bicyclic) bond motifs is 4. The molecular formula is C43H29N3O. The van der Waals surface area contributed by atoms with E-state index in [4.69, 9.17) is 14.4 Å². The minimum Gasteiger partial charge on any atom is -0.435 e. The quantitative estimate of drug-likeness (QED) is 0.213. The topological polar surface area (TPSA) is 50.4 Å². The highest BCUT2D eigenvalue weighted by Gasteiger charge is 2.20. The standard InChI is InChI=1S/C43H29N3O/c1-3-11-30(12-4-1)39-27-40(35-21-18-28-10-7-8-15-32(28)24-35)45-42(44-39)36-17-9-16-33(25-36)34-20-19-29-22-23-38-41(37(29)26-34)47-43(46-38)31-13-5-2-6-14-31/h1-27,40H,(H,44,45). The second-order valence-electron chi connectivity index (χ2n) is 11.9. The van der Waals surface area contributed by atoms with Crippen molar-refractivity contribution in [3.8, 4) is 22.6 Å². The SMILES string of the molecule is C1=C(c2ccccc2)NC(c2cccc(-c3ccc4ccc5nc(-c6ccccc6)oc5c4c3)c2)=NC1c1ccc2ccccc2c1. The Labute approximate surface area is 272 Å². The lowest BCUT2D eigenvalue weighted by Crippen LogP contribution is -2.27. The van der Waals surface area contributed by atoms with Crippen LogP contribution in [0.3, 0.4) is 0 Å². The van der Waals surface area contributed by atoms with Gasteiger partial charge in [0.05, 0.1) is 6.04 Å². The van der Waals surface area contributed by atoms with Gasteiger partial charge < -0.3 is 9.73 Å². The maximum atomic E-state index is 6.37. The number of aliphatic imine (C=N–C) groups is 1. The molecule has 7 aromatic carbocycles. The van der Waals surface area contributed by atoms with Crippen LogP contribution >= 0.6 is 0 Å². The first-order valence-electron chi connectivity index (χ1n) is 15.9. The minimum absolute atomic E-state index is 0.131. The summed E-state index contributed by atoms with van der Waals surface area (Å²) in [7, 11) is 0. The fraction of sp³-hybridized carbons (Fsp3) is 0.0233. The predicted molar refractivity (Wildman–Crippen MR) is 193 cm³/mol. The molecule has 0 saturated heterocycles. The van der Waals surface area contributed by atoms with Crippen LogP contribution in [0.5, 0.6) is 0 Å². The summed E-state index contributed by atoms with van der Waals surface area (Å²) >= 11 is 0. The Morgan fingerprint density at radius 2 is 1.19 bits per heavy atom. The molecule has 0 radical (unpaired) electrons. The fourth-order valence-electron chi connectivity index (χ4n) is 6.47. The van der Waals surface area contributed by atoms with Gasteiger partial charge in [0.25, 0.3) is 0 Å². The van der Waals surface area contributed by atoms with Crippen LogP contribution in [-0.4, -0.2) is 10.8 Å². The van der Waals surface area contributed by atoms with E-state index in [2.05, 4.69) is 127 Å². The van der Waals surface area contributed by atoms with Crippen molar-refractivity contribution < 1.29 is 4.42 Å². The van der Waals surface area contributed by atoms with Gasteiger partial charge in [-0.05, 0) is 80.9 Å². The largest absolute Gasteiger partial charge is 0.435 e. The molecule has 1 aliphatic rings. The number of rotatable bonds is 5. The van der Waals surface area contributed by atoms with Crippen LogP contribution < -0.4 is 5.32 Å². The van der Waals surface area contributed by atoms with Crippen molar-refractivity contribution in [1.82, 2.24) is 10.3 Å². The van der Waals surface area contributed by atoms with Crippen molar-refractivity contribution in [2.45, 2.75) is 6.04 Å². The maximum absolute atomic E-state index is 6.37. The molecule has 1 unspecified atom stereocenters. The molecular weight excluding hydrogens is 574 g/mol. The van der Waals surface area contributed by atoms with E-state index in [0.717, 1.165) is 66.8 Å². The van der Waals surface area contributed by atoms with Gasteiger partial charge in [-0.25, -0.2) is 4.98 Å². The van der Waals surface area contributed by atoms with Gasteiger partial charge in [-0.3, -0.25) is 4.99 Å². The van der Waals surface area contributed by atoms with Gasteiger partial charge in [0, 0.05) is 22.2 Å². The van der Waals surface area contributed by atoms with Crippen LogP contribution in [0, 0.1) is 0 Å². The molecule has 8 aromatic rings. The number of benzene rings is 7. The van der Waals surface area contributed by atoms with Crippen LogP contribution in [0.4, 0.5) is 0 Å². The lowest BCUT2D eigenvalue weighted by atomic mass is 9.97. The number of amidine groups is 1. The number of hydrogen-bond donors (Lipinski definition) is 1. The van der Waals surface area contributed by atoms with E-state index in [0.29, 0.717) is 5.89 Å². The molecule has 47 heavy (non-hydrogen) atoms. The molecule has 4 nitrogen and oxygen atoms in total. The highest BCUT2D eigenvalue weighted by atomic mass is 16.3. The van der Waals surface area contributed by atoms with Crippen molar-refractivity contribution >= 4 is 44.2 Å². The summed E-state index contributed by atoms with van der Waals surface area (Å²) in [5, 5.41) is 8.25. The Kier molecular flexibility index (Phi) is 6.50. The molecule has 1 aromatic heterocycles. The van der Waals surface area contributed by atoms with Crippen LogP contribution in [0.1, 0.15) is 22.7 Å². The van der Waals surface area contributed by atoms with Crippen LogP contribution in [-0.2, 0) is 0 Å². The van der Waals surface area contributed by atoms with Crippen LogP contribution in [0.2, 0.25) is 0 Å². The second-order valence-corrected chi connectivity index (χ2v) is 11.9.